The van der Waals surface area contributed by atoms with Gasteiger partial charge in [0.1, 0.15) is 11.5 Å². The van der Waals surface area contributed by atoms with Crippen molar-refractivity contribution in [2.45, 2.75) is 19.2 Å². The Labute approximate surface area is 191 Å². The minimum absolute atomic E-state index is 0.179. The number of hydrogen-bond acceptors (Lipinski definition) is 7. The van der Waals surface area contributed by atoms with Crippen LogP contribution in [-0.2, 0) is 22.3 Å². The maximum atomic E-state index is 12.7. The molecule has 0 bridgehead atoms. The Morgan fingerprint density at radius 1 is 1.19 bits per heavy atom. The topological polar surface area (TPSA) is 105 Å². The molecule has 0 saturated carbocycles. The van der Waals surface area contributed by atoms with Crippen LogP contribution in [-0.4, -0.2) is 53.2 Å². The summed E-state index contributed by atoms with van der Waals surface area (Å²) in [5, 5.41) is 2.85. The Morgan fingerprint density at radius 2 is 1.94 bits per heavy atom. The predicted octanol–water partition coefficient (Wildman–Crippen LogP) is 2.85. The van der Waals surface area contributed by atoms with E-state index < -0.39 is 10.0 Å². The van der Waals surface area contributed by atoms with Crippen molar-refractivity contribution in [3.8, 4) is 11.5 Å². The van der Waals surface area contributed by atoms with Crippen molar-refractivity contribution in [2.24, 2.45) is 0 Å². The third kappa shape index (κ3) is 5.37. The van der Waals surface area contributed by atoms with Crippen LogP contribution in [0.5, 0.6) is 0 Å². The van der Waals surface area contributed by atoms with Gasteiger partial charge in [0.25, 0.3) is 5.91 Å². The van der Waals surface area contributed by atoms with Crippen LogP contribution in [0.4, 0.5) is 0 Å². The van der Waals surface area contributed by atoms with Crippen LogP contribution in [0, 0.1) is 6.92 Å². The largest absolute Gasteiger partial charge is 0.441 e. The number of aryl methyl sites for hydroxylation is 1. The van der Waals surface area contributed by atoms with Gasteiger partial charge in [-0.25, -0.2) is 13.4 Å². The molecule has 0 atom stereocenters. The summed E-state index contributed by atoms with van der Waals surface area (Å²) < 4.78 is 32.7. The van der Waals surface area contributed by atoms with E-state index >= 15 is 0 Å². The fraction of sp³-hybridized carbons (Fsp3) is 0.318. The molecule has 2 aromatic heterocycles. The van der Waals surface area contributed by atoms with E-state index in [4.69, 9.17) is 4.42 Å². The first kappa shape index (κ1) is 22.5. The summed E-state index contributed by atoms with van der Waals surface area (Å²) in [6.07, 6.45) is 3.39. The van der Waals surface area contributed by atoms with E-state index in [1.54, 1.807) is 55.3 Å². The number of hydrogen-bond donors (Lipinski definition) is 1. The first-order chi connectivity index (χ1) is 15.4. The summed E-state index contributed by atoms with van der Waals surface area (Å²) in [5.74, 6) is 2.06. The molecular formula is C22H24N4O4S2. The highest BCUT2D eigenvalue weighted by Gasteiger charge is 2.27. The predicted molar refractivity (Wildman–Crippen MR) is 124 cm³/mol. The zero-order valence-corrected chi connectivity index (χ0v) is 19.3. The van der Waals surface area contributed by atoms with Gasteiger partial charge in [0.15, 0.2) is 0 Å². The third-order valence-corrected chi connectivity index (χ3v) is 7.88. The summed E-state index contributed by atoms with van der Waals surface area (Å²) in [4.78, 5) is 20.8. The summed E-state index contributed by atoms with van der Waals surface area (Å²) in [6.45, 7) is 3.16. The van der Waals surface area contributed by atoms with Crippen LogP contribution in [0.15, 0.2) is 53.2 Å². The van der Waals surface area contributed by atoms with Crippen LogP contribution < -0.4 is 5.32 Å². The molecule has 0 aliphatic carbocycles. The van der Waals surface area contributed by atoms with Crippen molar-refractivity contribution in [3.05, 3.63) is 71.4 Å². The van der Waals surface area contributed by atoms with Crippen LogP contribution in [0.2, 0.25) is 0 Å². The second kappa shape index (κ2) is 9.85. The number of aromatic nitrogens is 2. The van der Waals surface area contributed by atoms with E-state index in [1.165, 1.54) is 4.31 Å². The Kier molecular flexibility index (Phi) is 6.92. The highest BCUT2D eigenvalue weighted by molar-refractivity contribution is 7.99. The highest BCUT2D eigenvalue weighted by atomic mass is 32.2. The molecule has 1 amide bonds. The molecule has 3 heterocycles. The average Bonchev–Trinajstić information content (AvgIpc) is 3.18. The van der Waals surface area contributed by atoms with Gasteiger partial charge in [-0.15, -0.1) is 0 Å². The number of oxazole rings is 1. The molecule has 1 saturated heterocycles. The number of benzene rings is 1. The van der Waals surface area contributed by atoms with Crippen LogP contribution in [0.1, 0.15) is 27.4 Å². The molecule has 8 nitrogen and oxygen atoms in total. The SMILES string of the molecule is Cc1oc(-c2ccc(C(=O)NCc3cccnc3)cc2)nc1CS(=O)(=O)N1CCSCC1. The van der Waals surface area contributed by atoms with E-state index in [9.17, 15) is 13.2 Å². The van der Waals surface area contributed by atoms with Gasteiger partial charge >= 0.3 is 0 Å². The fourth-order valence-electron chi connectivity index (χ4n) is 3.33. The lowest BCUT2D eigenvalue weighted by molar-refractivity contribution is 0.0951. The second-order valence-corrected chi connectivity index (χ2v) is 10.6. The van der Waals surface area contributed by atoms with Crippen molar-refractivity contribution in [2.75, 3.05) is 24.6 Å². The molecule has 4 rings (SSSR count). The summed E-state index contributed by atoms with van der Waals surface area (Å²) in [7, 11) is -3.43. The van der Waals surface area contributed by atoms with Gasteiger partial charge in [-0.3, -0.25) is 9.78 Å². The lowest BCUT2D eigenvalue weighted by atomic mass is 10.1. The first-order valence-electron chi connectivity index (χ1n) is 10.2. The Hall–Kier alpha value is -2.69. The number of sulfonamides is 1. The van der Waals surface area contributed by atoms with Gasteiger partial charge < -0.3 is 9.73 Å². The number of carbonyl (C=O) groups is 1. The van der Waals surface area contributed by atoms with Crippen molar-refractivity contribution < 1.29 is 17.6 Å². The standard InChI is InChI=1S/C22H24N4O4S2/c1-16-20(15-32(28,29)26-9-11-31-12-10-26)25-22(30-16)19-6-4-18(5-7-19)21(27)24-14-17-3-2-8-23-13-17/h2-8,13H,9-12,14-15H2,1H3,(H,24,27). The van der Waals surface area contributed by atoms with Crippen molar-refractivity contribution in [1.29, 1.82) is 0 Å². The fourth-order valence-corrected chi connectivity index (χ4v) is 5.99. The van der Waals surface area contributed by atoms with Gasteiger partial charge in [-0.2, -0.15) is 16.1 Å². The van der Waals surface area contributed by atoms with Gasteiger partial charge in [0.05, 0.1) is 5.69 Å². The minimum atomic E-state index is -3.43. The molecule has 1 N–H and O–H groups in total. The molecule has 0 spiro atoms. The van der Waals surface area contributed by atoms with Crippen LogP contribution in [0.3, 0.4) is 0 Å². The Balaban J connectivity index is 1.42. The maximum Gasteiger partial charge on any atom is 0.251 e. The molecular weight excluding hydrogens is 448 g/mol. The van der Waals surface area contributed by atoms with E-state index in [0.717, 1.165) is 17.1 Å². The zero-order valence-electron chi connectivity index (χ0n) is 17.7. The molecule has 0 radical (unpaired) electrons. The number of amides is 1. The minimum Gasteiger partial charge on any atom is -0.441 e. The van der Waals surface area contributed by atoms with Crippen LogP contribution >= 0.6 is 11.8 Å². The maximum absolute atomic E-state index is 12.7. The van der Waals surface area contributed by atoms with Gasteiger partial charge in [0, 0.05) is 54.7 Å². The van der Waals surface area contributed by atoms with E-state index in [0.29, 0.717) is 48.1 Å². The molecule has 3 aromatic rings. The van der Waals surface area contributed by atoms with E-state index in [1.807, 2.05) is 12.1 Å². The van der Waals surface area contributed by atoms with Gasteiger partial charge in [0.2, 0.25) is 15.9 Å². The Morgan fingerprint density at radius 3 is 2.62 bits per heavy atom. The molecule has 1 aromatic carbocycles. The zero-order chi connectivity index (χ0) is 22.6. The number of nitrogens with one attached hydrogen (secondary N) is 1. The van der Waals surface area contributed by atoms with Gasteiger partial charge in [-0.05, 0) is 42.8 Å². The highest BCUT2D eigenvalue weighted by Crippen LogP contribution is 2.25. The first-order valence-corrected chi connectivity index (χ1v) is 13.0. The number of pyridine rings is 1. The van der Waals surface area contributed by atoms with Crippen molar-refractivity contribution in [3.63, 3.8) is 0 Å². The van der Waals surface area contributed by atoms with E-state index in [2.05, 4.69) is 15.3 Å². The lowest BCUT2D eigenvalue weighted by Gasteiger charge is -2.25. The quantitative estimate of drug-likeness (QED) is 0.564. The number of rotatable bonds is 7. The van der Waals surface area contributed by atoms with Gasteiger partial charge in [-0.1, -0.05) is 6.07 Å². The lowest BCUT2D eigenvalue weighted by Crippen LogP contribution is -2.38. The monoisotopic (exact) mass is 472 g/mol. The summed E-state index contributed by atoms with van der Waals surface area (Å²) in [6, 6.07) is 10.6. The summed E-state index contributed by atoms with van der Waals surface area (Å²) >= 11 is 1.76. The van der Waals surface area contributed by atoms with Crippen molar-refractivity contribution >= 4 is 27.7 Å². The smallest absolute Gasteiger partial charge is 0.251 e. The molecule has 1 fully saturated rings. The molecule has 0 unspecified atom stereocenters. The van der Waals surface area contributed by atoms with E-state index in [-0.39, 0.29) is 11.7 Å². The molecule has 10 heteroatoms. The van der Waals surface area contributed by atoms with Crippen molar-refractivity contribution in [1.82, 2.24) is 19.6 Å². The average molecular weight is 473 g/mol. The number of thioether (sulfide) groups is 1. The third-order valence-electron chi connectivity index (χ3n) is 5.15. The molecule has 1 aliphatic heterocycles. The molecule has 1 aliphatic rings. The normalized spacial score (nSPS) is 14.9. The summed E-state index contributed by atoms with van der Waals surface area (Å²) in [5.41, 5.74) is 2.51. The Bertz CT molecular complexity index is 1170. The number of nitrogens with zero attached hydrogens (tertiary/aromatic N) is 3. The number of carbonyl (C=O) groups excluding carboxylic acids is 1. The second-order valence-electron chi connectivity index (χ2n) is 7.41. The molecule has 32 heavy (non-hydrogen) atoms. The molecule has 168 valence electrons. The van der Waals surface area contributed by atoms with Crippen LogP contribution in [0.25, 0.3) is 11.5 Å².